The van der Waals surface area contributed by atoms with E-state index in [2.05, 4.69) is 26.0 Å². The van der Waals surface area contributed by atoms with Gasteiger partial charge in [0.25, 0.3) is 0 Å². The molecule has 0 unspecified atom stereocenters. The lowest BCUT2D eigenvalue weighted by molar-refractivity contribution is 0.450. The van der Waals surface area contributed by atoms with Crippen LogP contribution in [0.2, 0.25) is 0 Å². The standard InChI is InChI=1S/C18H22N2O/c1-12-7-13(2)9-16(8-12)21-18-15(11-19)10-14-5-3-4-6-17(14)20-18/h7-10H,3-6,11,19H2,1-2H3. The molecular weight excluding hydrogens is 260 g/mol. The van der Waals surface area contributed by atoms with Gasteiger partial charge in [0.1, 0.15) is 5.75 Å². The van der Waals surface area contributed by atoms with Gasteiger partial charge in [0, 0.05) is 17.8 Å². The summed E-state index contributed by atoms with van der Waals surface area (Å²) in [7, 11) is 0. The zero-order chi connectivity index (χ0) is 14.8. The first kappa shape index (κ1) is 14.1. The molecule has 3 nitrogen and oxygen atoms in total. The third-order valence-corrected chi connectivity index (χ3v) is 3.97. The van der Waals surface area contributed by atoms with Crippen LogP contribution in [-0.4, -0.2) is 4.98 Å². The van der Waals surface area contributed by atoms with Crippen molar-refractivity contribution in [1.82, 2.24) is 4.98 Å². The highest BCUT2D eigenvalue weighted by Crippen LogP contribution is 2.29. The fourth-order valence-electron chi connectivity index (χ4n) is 3.00. The third kappa shape index (κ3) is 3.08. The molecule has 0 fully saturated rings. The first-order valence-corrected chi connectivity index (χ1v) is 7.63. The largest absolute Gasteiger partial charge is 0.439 e. The van der Waals surface area contributed by atoms with Crippen LogP contribution in [0.5, 0.6) is 11.6 Å². The average molecular weight is 282 g/mol. The van der Waals surface area contributed by atoms with Crippen LogP contribution in [0, 0.1) is 13.8 Å². The monoisotopic (exact) mass is 282 g/mol. The van der Waals surface area contributed by atoms with Gasteiger partial charge in [-0.2, -0.15) is 0 Å². The normalized spacial score (nSPS) is 13.9. The predicted octanol–water partition coefficient (Wildman–Crippen LogP) is 3.83. The third-order valence-electron chi connectivity index (χ3n) is 3.97. The van der Waals surface area contributed by atoms with E-state index in [1.165, 1.54) is 35.2 Å². The smallest absolute Gasteiger partial charge is 0.223 e. The Morgan fingerprint density at radius 2 is 1.76 bits per heavy atom. The van der Waals surface area contributed by atoms with Crippen LogP contribution < -0.4 is 10.5 Å². The maximum atomic E-state index is 6.04. The van der Waals surface area contributed by atoms with Crippen molar-refractivity contribution in [2.75, 3.05) is 0 Å². The molecule has 1 aromatic heterocycles. The number of ether oxygens (including phenoxy) is 1. The number of benzene rings is 1. The molecule has 0 aliphatic heterocycles. The molecular formula is C18H22N2O. The zero-order valence-corrected chi connectivity index (χ0v) is 12.8. The fraction of sp³-hybridized carbons (Fsp3) is 0.389. The van der Waals surface area contributed by atoms with E-state index in [1.54, 1.807) is 0 Å². The maximum absolute atomic E-state index is 6.04. The Labute approximate surface area is 126 Å². The van der Waals surface area contributed by atoms with Crippen LogP contribution in [0.25, 0.3) is 0 Å². The van der Waals surface area contributed by atoms with Crippen LogP contribution >= 0.6 is 0 Å². The molecule has 110 valence electrons. The first-order valence-electron chi connectivity index (χ1n) is 7.63. The van der Waals surface area contributed by atoms with Crippen molar-refractivity contribution in [3.8, 4) is 11.6 Å². The van der Waals surface area contributed by atoms with E-state index in [9.17, 15) is 0 Å². The van der Waals surface area contributed by atoms with Crippen molar-refractivity contribution < 1.29 is 4.74 Å². The highest BCUT2D eigenvalue weighted by atomic mass is 16.5. The summed E-state index contributed by atoms with van der Waals surface area (Å²) in [6.07, 6.45) is 4.61. The minimum atomic E-state index is 0.459. The molecule has 0 bridgehead atoms. The summed E-state index contributed by atoms with van der Waals surface area (Å²) in [6, 6.07) is 8.39. The van der Waals surface area contributed by atoms with E-state index in [4.69, 9.17) is 15.5 Å². The summed E-state index contributed by atoms with van der Waals surface area (Å²) >= 11 is 0. The topological polar surface area (TPSA) is 48.1 Å². The minimum absolute atomic E-state index is 0.459. The Morgan fingerprint density at radius 1 is 1.05 bits per heavy atom. The molecule has 1 heterocycles. The molecule has 1 aromatic carbocycles. The Hall–Kier alpha value is -1.87. The number of fused-ring (bicyclic) bond motifs is 1. The van der Waals surface area contributed by atoms with Gasteiger partial charge in [0.15, 0.2) is 0 Å². The number of hydrogen-bond donors (Lipinski definition) is 1. The summed E-state index contributed by atoms with van der Waals surface area (Å²) in [5.41, 5.74) is 11.8. The Balaban J connectivity index is 1.97. The van der Waals surface area contributed by atoms with E-state index in [0.717, 1.165) is 24.2 Å². The molecule has 0 spiro atoms. The van der Waals surface area contributed by atoms with E-state index >= 15 is 0 Å². The lowest BCUT2D eigenvalue weighted by atomic mass is 9.95. The molecule has 3 rings (SSSR count). The van der Waals surface area contributed by atoms with Crippen molar-refractivity contribution in [1.29, 1.82) is 0 Å². The molecule has 1 aliphatic rings. The van der Waals surface area contributed by atoms with E-state index < -0.39 is 0 Å². The molecule has 0 saturated carbocycles. The van der Waals surface area contributed by atoms with Crippen molar-refractivity contribution in [2.45, 2.75) is 46.1 Å². The molecule has 1 aliphatic carbocycles. The predicted molar refractivity (Wildman–Crippen MR) is 84.8 cm³/mol. The lowest BCUT2D eigenvalue weighted by Crippen LogP contribution is -2.10. The van der Waals surface area contributed by atoms with Crippen molar-refractivity contribution in [3.63, 3.8) is 0 Å². The van der Waals surface area contributed by atoms with E-state index in [1.807, 2.05) is 12.1 Å². The van der Waals surface area contributed by atoms with Crippen LogP contribution in [0.3, 0.4) is 0 Å². The Kier molecular flexibility index (Phi) is 3.93. The molecule has 2 N–H and O–H groups in total. The first-order chi connectivity index (χ1) is 10.2. The molecule has 0 atom stereocenters. The maximum Gasteiger partial charge on any atom is 0.223 e. The SMILES string of the molecule is Cc1cc(C)cc(Oc2nc3c(cc2CN)CCCC3)c1. The van der Waals surface area contributed by atoms with Crippen molar-refractivity contribution >= 4 is 0 Å². The van der Waals surface area contributed by atoms with Crippen LogP contribution in [-0.2, 0) is 19.4 Å². The number of nitrogens with two attached hydrogens (primary N) is 1. The van der Waals surface area contributed by atoms with E-state index in [-0.39, 0.29) is 0 Å². The van der Waals surface area contributed by atoms with Gasteiger partial charge in [-0.05, 0) is 74.4 Å². The fourth-order valence-corrected chi connectivity index (χ4v) is 3.00. The van der Waals surface area contributed by atoms with Gasteiger partial charge in [-0.25, -0.2) is 4.98 Å². The molecule has 3 heteroatoms. The van der Waals surface area contributed by atoms with Crippen LogP contribution in [0.15, 0.2) is 24.3 Å². The van der Waals surface area contributed by atoms with Gasteiger partial charge < -0.3 is 10.5 Å². The lowest BCUT2D eigenvalue weighted by Gasteiger charge is -2.18. The summed E-state index contributed by atoms with van der Waals surface area (Å²) in [4.78, 5) is 4.74. The van der Waals surface area contributed by atoms with Crippen molar-refractivity contribution in [2.24, 2.45) is 5.73 Å². The molecule has 0 amide bonds. The summed E-state index contributed by atoms with van der Waals surface area (Å²) in [5, 5.41) is 0. The van der Waals surface area contributed by atoms with Gasteiger partial charge in [0.05, 0.1) is 0 Å². The van der Waals surface area contributed by atoms with Crippen LogP contribution in [0.1, 0.15) is 40.8 Å². The Bertz CT molecular complexity index is 644. The highest BCUT2D eigenvalue weighted by Gasteiger charge is 2.16. The highest BCUT2D eigenvalue weighted by molar-refractivity contribution is 5.40. The second kappa shape index (κ2) is 5.86. The van der Waals surface area contributed by atoms with Gasteiger partial charge in [-0.1, -0.05) is 6.07 Å². The number of aryl methyl sites for hydroxylation is 4. The minimum Gasteiger partial charge on any atom is -0.439 e. The second-order valence-corrected chi connectivity index (χ2v) is 5.90. The van der Waals surface area contributed by atoms with E-state index in [0.29, 0.717) is 12.4 Å². The Morgan fingerprint density at radius 3 is 2.48 bits per heavy atom. The number of aromatic nitrogens is 1. The van der Waals surface area contributed by atoms with Gasteiger partial charge >= 0.3 is 0 Å². The number of nitrogens with zero attached hydrogens (tertiary/aromatic N) is 1. The van der Waals surface area contributed by atoms with Crippen LogP contribution in [0.4, 0.5) is 0 Å². The van der Waals surface area contributed by atoms with Gasteiger partial charge in [0.2, 0.25) is 5.88 Å². The molecule has 0 radical (unpaired) electrons. The zero-order valence-electron chi connectivity index (χ0n) is 12.8. The summed E-state index contributed by atoms with van der Waals surface area (Å²) in [5.74, 6) is 1.51. The van der Waals surface area contributed by atoms with Crippen molar-refractivity contribution in [3.05, 3.63) is 52.2 Å². The van der Waals surface area contributed by atoms with Gasteiger partial charge in [-0.3, -0.25) is 0 Å². The number of pyridine rings is 1. The summed E-state index contributed by atoms with van der Waals surface area (Å²) in [6.45, 7) is 4.61. The second-order valence-electron chi connectivity index (χ2n) is 5.90. The molecule has 21 heavy (non-hydrogen) atoms. The molecule has 2 aromatic rings. The average Bonchev–Trinajstić information content (AvgIpc) is 2.45. The molecule has 0 saturated heterocycles. The summed E-state index contributed by atoms with van der Waals surface area (Å²) < 4.78 is 6.04. The number of rotatable bonds is 3. The quantitative estimate of drug-likeness (QED) is 0.930. The van der Waals surface area contributed by atoms with Gasteiger partial charge in [-0.15, -0.1) is 0 Å². The number of hydrogen-bond acceptors (Lipinski definition) is 3.